The van der Waals surface area contributed by atoms with Crippen molar-refractivity contribution < 1.29 is 9.59 Å². The van der Waals surface area contributed by atoms with Crippen molar-refractivity contribution in [2.45, 2.75) is 25.8 Å². The van der Waals surface area contributed by atoms with Crippen molar-refractivity contribution in [3.8, 4) is 0 Å². The molecular formula is C17H25N3O2. The number of benzene rings is 1. The van der Waals surface area contributed by atoms with Gasteiger partial charge in [-0.2, -0.15) is 0 Å². The van der Waals surface area contributed by atoms with E-state index in [9.17, 15) is 9.59 Å². The third kappa shape index (κ3) is 5.15. The third-order valence-corrected chi connectivity index (χ3v) is 4.17. The minimum Gasteiger partial charge on any atom is -0.358 e. The predicted molar refractivity (Wildman–Crippen MR) is 86.3 cm³/mol. The maximum Gasteiger partial charge on any atom is 0.239 e. The van der Waals surface area contributed by atoms with E-state index in [1.807, 2.05) is 0 Å². The van der Waals surface area contributed by atoms with E-state index in [-0.39, 0.29) is 12.5 Å². The van der Waals surface area contributed by atoms with Crippen LogP contribution in [0.2, 0.25) is 0 Å². The first kappa shape index (κ1) is 16.5. The highest BCUT2D eigenvalue weighted by Crippen LogP contribution is 2.18. The molecular weight excluding hydrogens is 278 g/mol. The van der Waals surface area contributed by atoms with Crippen LogP contribution in [0.25, 0.3) is 0 Å². The van der Waals surface area contributed by atoms with Gasteiger partial charge in [-0.3, -0.25) is 9.59 Å². The molecule has 1 aliphatic heterocycles. The van der Waals surface area contributed by atoms with Crippen LogP contribution in [0.5, 0.6) is 0 Å². The van der Waals surface area contributed by atoms with E-state index in [4.69, 9.17) is 0 Å². The number of carbonyl (C=O) groups excluding carboxylic acids is 2. The number of piperidine rings is 1. The molecule has 2 amide bonds. The van der Waals surface area contributed by atoms with E-state index in [2.05, 4.69) is 34.9 Å². The van der Waals surface area contributed by atoms with Crippen LogP contribution in [0.4, 0.5) is 0 Å². The zero-order chi connectivity index (χ0) is 15.8. The highest BCUT2D eigenvalue weighted by Gasteiger charge is 2.13. The summed E-state index contributed by atoms with van der Waals surface area (Å²) in [6.07, 6.45) is 4.33. The second-order valence-corrected chi connectivity index (χ2v) is 5.90. The van der Waals surface area contributed by atoms with Crippen LogP contribution >= 0.6 is 0 Å². The van der Waals surface area contributed by atoms with E-state index < -0.39 is 0 Å². The van der Waals surface area contributed by atoms with Gasteiger partial charge in [0.15, 0.2) is 0 Å². The Bertz CT molecular complexity index is 481. The Morgan fingerprint density at radius 2 is 1.91 bits per heavy atom. The normalized spacial score (nSPS) is 15.3. The Morgan fingerprint density at radius 3 is 2.50 bits per heavy atom. The molecule has 0 aromatic heterocycles. The summed E-state index contributed by atoms with van der Waals surface area (Å²) in [7, 11) is 1.57. The van der Waals surface area contributed by atoms with Gasteiger partial charge in [0.25, 0.3) is 0 Å². The first-order valence-electron chi connectivity index (χ1n) is 7.89. The van der Waals surface area contributed by atoms with Crippen molar-refractivity contribution in [3.63, 3.8) is 0 Å². The number of nitrogens with zero attached hydrogens (tertiary/aromatic N) is 1. The lowest BCUT2D eigenvalue weighted by Gasteiger charge is -2.22. The fourth-order valence-corrected chi connectivity index (χ4v) is 2.83. The summed E-state index contributed by atoms with van der Waals surface area (Å²) in [5, 5.41) is 5.91. The summed E-state index contributed by atoms with van der Waals surface area (Å²) < 4.78 is 0. The van der Waals surface area contributed by atoms with Gasteiger partial charge in [-0.25, -0.2) is 0 Å². The van der Waals surface area contributed by atoms with E-state index in [0.29, 0.717) is 6.54 Å². The summed E-state index contributed by atoms with van der Waals surface area (Å²) in [5.41, 5.74) is 2.39. The van der Waals surface area contributed by atoms with E-state index >= 15 is 0 Å². The molecule has 1 aromatic rings. The van der Waals surface area contributed by atoms with Crippen molar-refractivity contribution in [2.75, 3.05) is 26.7 Å². The lowest BCUT2D eigenvalue weighted by molar-refractivity contribution is -0.128. The Hall–Kier alpha value is -1.88. The van der Waals surface area contributed by atoms with Crippen LogP contribution in [0.1, 0.15) is 24.0 Å². The van der Waals surface area contributed by atoms with E-state index in [1.54, 1.807) is 7.05 Å². The van der Waals surface area contributed by atoms with Gasteiger partial charge in [0.05, 0.1) is 6.54 Å². The fraction of sp³-hybridized carbons (Fsp3) is 0.529. The quantitative estimate of drug-likeness (QED) is 0.737. The molecule has 0 bridgehead atoms. The predicted octanol–water partition coefficient (Wildman–Crippen LogP) is 0.933. The Balaban J connectivity index is 1.87. The Kier molecular flexibility index (Phi) is 6.40. The molecule has 120 valence electrons. The molecule has 1 fully saturated rings. The summed E-state index contributed by atoms with van der Waals surface area (Å²) in [6, 6.07) is 8.38. The average Bonchev–Trinajstić information content (AvgIpc) is 2.56. The van der Waals surface area contributed by atoms with Crippen molar-refractivity contribution >= 4 is 12.3 Å². The molecule has 1 heterocycles. The topological polar surface area (TPSA) is 61.4 Å². The molecule has 1 aromatic carbocycles. The molecule has 0 unspecified atom stereocenters. The van der Waals surface area contributed by atoms with E-state index in [0.717, 1.165) is 37.4 Å². The molecule has 2 rings (SSSR count). The van der Waals surface area contributed by atoms with Gasteiger partial charge in [-0.15, -0.1) is 0 Å². The lowest BCUT2D eigenvalue weighted by atomic mass is 9.91. The second kappa shape index (κ2) is 8.54. The molecule has 5 nitrogen and oxygen atoms in total. The molecule has 0 aliphatic carbocycles. The molecule has 0 atom stereocenters. The number of amides is 2. The number of nitrogens with one attached hydrogen (secondary N) is 2. The molecule has 22 heavy (non-hydrogen) atoms. The summed E-state index contributed by atoms with van der Waals surface area (Å²) >= 11 is 0. The first-order valence-corrected chi connectivity index (χ1v) is 7.89. The summed E-state index contributed by atoms with van der Waals surface area (Å²) in [5.74, 6) is 0.612. The third-order valence-electron chi connectivity index (χ3n) is 4.17. The second-order valence-electron chi connectivity index (χ2n) is 5.90. The van der Waals surface area contributed by atoms with Gasteiger partial charge < -0.3 is 15.5 Å². The van der Waals surface area contributed by atoms with Crippen LogP contribution in [0.3, 0.4) is 0 Å². The number of hydrogen-bond donors (Lipinski definition) is 2. The van der Waals surface area contributed by atoms with Gasteiger partial charge in [0.1, 0.15) is 0 Å². The molecule has 0 spiro atoms. The summed E-state index contributed by atoms with van der Waals surface area (Å²) in [4.78, 5) is 23.8. The number of rotatable bonds is 7. The van der Waals surface area contributed by atoms with Crippen LogP contribution in [0.15, 0.2) is 24.3 Å². The number of carbonyl (C=O) groups is 2. The van der Waals surface area contributed by atoms with Crippen molar-refractivity contribution in [3.05, 3.63) is 35.4 Å². The van der Waals surface area contributed by atoms with Gasteiger partial charge in [-0.1, -0.05) is 24.3 Å². The molecule has 0 saturated carbocycles. The van der Waals surface area contributed by atoms with Crippen LogP contribution in [-0.2, 0) is 22.6 Å². The van der Waals surface area contributed by atoms with Crippen molar-refractivity contribution in [2.24, 2.45) is 5.92 Å². The zero-order valence-corrected chi connectivity index (χ0v) is 13.2. The van der Waals surface area contributed by atoms with Crippen molar-refractivity contribution in [1.82, 2.24) is 15.5 Å². The van der Waals surface area contributed by atoms with Gasteiger partial charge >= 0.3 is 0 Å². The van der Waals surface area contributed by atoms with Crippen LogP contribution in [-0.4, -0.2) is 43.9 Å². The SMILES string of the molecule is CNC(=O)CN(C=O)Cc1ccc(CC2CCNCC2)cc1. The number of hydrogen-bond acceptors (Lipinski definition) is 3. The van der Waals surface area contributed by atoms with Gasteiger partial charge in [0, 0.05) is 13.6 Å². The number of likely N-dealkylation sites (N-methyl/N-ethyl adjacent to an activating group) is 1. The molecule has 2 N–H and O–H groups in total. The van der Waals surface area contributed by atoms with Gasteiger partial charge in [0.2, 0.25) is 12.3 Å². The minimum atomic E-state index is -0.158. The average molecular weight is 303 g/mol. The van der Waals surface area contributed by atoms with Crippen LogP contribution in [0, 0.1) is 5.92 Å². The maximum absolute atomic E-state index is 11.3. The standard InChI is InChI=1S/C17H25N3O2/c1-18-17(22)12-20(13-21)11-16-4-2-14(3-5-16)10-15-6-8-19-9-7-15/h2-5,13,15,19H,6-12H2,1H3,(H,18,22). The maximum atomic E-state index is 11.3. The van der Waals surface area contributed by atoms with Gasteiger partial charge in [-0.05, 0) is 49.4 Å². The largest absolute Gasteiger partial charge is 0.358 e. The Morgan fingerprint density at radius 1 is 1.27 bits per heavy atom. The highest BCUT2D eigenvalue weighted by molar-refractivity contribution is 5.79. The van der Waals surface area contributed by atoms with Crippen LogP contribution < -0.4 is 10.6 Å². The highest BCUT2D eigenvalue weighted by atomic mass is 16.2. The Labute approximate surface area is 132 Å². The molecule has 1 saturated heterocycles. The molecule has 5 heteroatoms. The zero-order valence-electron chi connectivity index (χ0n) is 13.2. The monoisotopic (exact) mass is 303 g/mol. The minimum absolute atomic E-state index is 0.0941. The first-order chi connectivity index (χ1) is 10.7. The van der Waals surface area contributed by atoms with E-state index in [1.165, 1.54) is 23.3 Å². The molecule has 0 radical (unpaired) electrons. The fourth-order valence-electron chi connectivity index (χ4n) is 2.83. The smallest absolute Gasteiger partial charge is 0.239 e. The summed E-state index contributed by atoms with van der Waals surface area (Å²) in [6.45, 7) is 2.80. The van der Waals surface area contributed by atoms with Crippen molar-refractivity contribution in [1.29, 1.82) is 0 Å². The lowest BCUT2D eigenvalue weighted by Crippen LogP contribution is -2.34. The molecule has 1 aliphatic rings.